The molecule has 1 aromatic rings. The molecular weight excluding hydrogens is 285 g/mol. The van der Waals surface area contributed by atoms with Gasteiger partial charge in [-0.15, -0.1) is 0 Å². The average Bonchev–Trinajstić information content (AvgIpc) is 2.87. The van der Waals surface area contributed by atoms with E-state index >= 15 is 0 Å². The molecule has 2 aliphatic rings. The zero-order chi connectivity index (χ0) is 15.8. The van der Waals surface area contributed by atoms with E-state index in [1.54, 1.807) is 0 Å². The molecule has 118 valence electrons. The Morgan fingerprint density at radius 2 is 1.86 bits per heavy atom. The Morgan fingerprint density at radius 3 is 2.36 bits per heavy atom. The van der Waals surface area contributed by atoms with Gasteiger partial charge in [0.25, 0.3) is 0 Å². The number of carboxylic acid groups (broad SMARTS) is 1. The number of halogens is 1. The molecule has 1 amide bonds. The smallest absolute Gasteiger partial charge is 0.343 e. The number of rotatable bonds is 4. The lowest BCUT2D eigenvalue weighted by atomic mass is 9.64. The number of amides is 1. The largest absolute Gasteiger partial charge is 0.479 e. The van der Waals surface area contributed by atoms with Crippen LogP contribution in [0, 0.1) is 5.41 Å². The molecule has 5 heteroatoms. The second kappa shape index (κ2) is 5.38. The number of carboxylic acids is 1. The maximum atomic E-state index is 14.2. The minimum atomic E-state index is -2.28. The molecule has 0 bridgehead atoms. The molecule has 1 heterocycles. The lowest BCUT2D eigenvalue weighted by Crippen LogP contribution is -2.50. The van der Waals surface area contributed by atoms with Gasteiger partial charge in [-0.1, -0.05) is 36.8 Å². The predicted molar refractivity (Wildman–Crippen MR) is 79.1 cm³/mol. The first-order valence-electron chi connectivity index (χ1n) is 7.71. The summed E-state index contributed by atoms with van der Waals surface area (Å²) in [6.45, 7) is -0.129. The predicted octanol–water partition coefficient (Wildman–Crippen LogP) is 2.42. The fraction of sp³-hybridized carbons (Fsp3) is 0.529. The highest BCUT2D eigenvalue weighted by molar-refractivity contribution is 5.86. The number of likely N-dealkylation sites (tertiary alicyclic amines) is 1. The molecule has 1 aromatic carbocycles. The van der Waals surface area contributed by atoms with Gasteiger partial charge >= 0.3 is 5.97 Å². The van der Waals surface area contributed by atoms with Crippen molar-refractivity contribution in [2.75, 3.05) is 13.1 Å². The number of carbonyl (C=O) groups is 2. The zero-order valence-electron chi connectivity index (χ0n) is 12.4. The second-order valence-electron chi connectivity index (χ2n) is 6.54. The first-order chi connectivity index (χ1) is 10.5. The summed E-state index contributed by atoms with van der Waals surface area (Å²) in [5.41, 5.74) is -1.65. The highest BCUT2D eigenvalue weighted by atomic mass is 19.1. The number of aliphatic carboxylic acids is 1. The molecule has 1 unspecified atom stereocenters. The minimum Gasteiger partial charge on any atom is -0.479 e. The van der Waals surface area contributed by atoms with Crippen LogP contribution in [0.2, 0.25) is 0 Å². The third-order valence-corrected chi connectivity index (χ3v) is 5.04. The third kappa shape index (κ3) is 2.49. The van der Waals surface area contributed by atoms with Gasteiger partial charge in [-0.2, -0.15) is 0 Å². The number of hydrogen-bond donors (Lipinski definition) is 1. The van der Waals surface area contributed by atoms with Crippen molar-refractivity contribution in [3.8, 4) is 0 Å². The Labute approximate surface area is 128 Å². The van der Waals surface area contributed by atoms with E-state index < -0.39 is 17.1 Å². The highest BCUT2D eigenvalue weighted by Crippen LogP contribution is 2.46. The molecule has 1 aliphatic heterocycles. The zero-order valence-corrected chi connectivity index (χ0v) is 12.4. The number of alkyl halides is 1. The molecule has 1 N–H and O–H groups in total. The van der Waals surface area contributed by atoms with E-state index in [4.69, 9.17) is 5.11 Å². The molecule has 1 aliphatic carbocycles. The number of benzene rings is 1. The van der Waals surface area contributed by atoms with Gasteiger partial charge in [0.05, 0.1) is 12.0 Å². The Hall–Kier alpha value is -1.91. The second-order valence-corrected chi connectivity index (χ2v) is 6.54. The maximum Gasteiger partial charge on any atom is 0.343 e. The molecule has 0 spiro atoms. The Bertz CT molecular complexity index is 585. The molecule has 1 atom stereocenters. The summed E-state index contributed by atoms with van der Waals surface area (Å²) in [4.78, 5) is 25.2. The van der Waals surface area contributed by atoms with Crippen molar-refractivity contribution in [3.63, 3.8) is 0 Å². The van der Waals surface area contributed by atoms with E-state index in [0.717, 1.165) is 24.8 Å². The van der Waals surface area contributed by atoms with Gasteiger partial charge in [-0.3, -0.25) is 4.79 Å². The molecule has 1 saturated carbocycles. The van der Waals surface area contributed by atoms with Crippen molar-refractivity contribution in [3.05, 3.63) is 35.9 Å². The van der Waals surface area contributed by atoms with Crippen LogP contribution in [-0.4, -0.2) is 40.6 Å². The standard InChI is InChI=1S/C17H20FNO3/c18-17(15(21)22)9-10-19(12-17)14(20)16(7-4-8-16)11-13-5-2-1-3-6-13/h1-3,5-6H,4,7-12H2,(H,21,22). The molecule has 0 aromatic heterocycles. The molecular formula is C17H20FNO3. The van der Waals surface area contributed by atoms with Crippen molar-refractivity contribution >= 4 is 11.9 Å². The third-order valence-electron chi connectivity index (χ3n) is 5.04. The summed E-state index contributed by atoms with van der Waals surface area (Å²) in [5.74, 6) is -1.54. The molecule has 3 rings (SSSR count). The summed E-state index contributed by atoms with van der Waals surface area (Å²) < 4.78 is 14.2. The van der Waals surface area contributed by atoms with Crippen LogP contribution < -0.4 is 0 Å². The number of nitrogens with zero attached hydrogens (tertiary/aromatic N) is 1. The SMILES string of the molecule is O=C(O)C1(F)CCN(C(=O)C2(Cc3ccccc3)CCC2)C1. The Kier molecular flexibility index (Phi) is 3.67. The van der Waals surface area contributed by atoms with Gasteiger partial charge in [0, 0.05) is 13.0 Å². The monoisotopic (exact) mass is 305 g/mol. The van der Waals surface area contributed by atoms with Crippen LogP contribution in [0.4, 0.5) is 4.39 Å². The fourth-order valence-electron chi connectivity index (χ4n) is 3.51. The molecule has 0 radical (unpaired) electrons. The van der Waals surface area contributed by atoms with Gasteiger partial charge < -0.3 is 10.0 Å². The Balaban J connectivity index is 1.74. The van der Waals surface area contributed by atoms with E-state index in [-0.39, 0.29) is 25.4 Å². The molecule has 22 heavy (non-hydrogen) atoms. The van der Waals surface area contributed by atoms with E-state index in [2.05, 4.69) is 0 Å². The summed E-state index contributed by atoms with van der Waals surface area (Å²) in [7, 11) is 0. The van der Waals surface area contributed by atoms with Crippen molar-refractivity contribution in [1.29, 1.82) is 0 Å². The first kappa shape index (κ1) is 15.0. The lowest BCUT2D eigenvalue weighted by Gasteiger charge is -2.43. The van der Waals surface area contributed by atoms with Crippen LogP contribution in [0.5, 0.6) is 0 Å². The van der Waals surface area contributed by atoms with Crippen LogP contribution in [0.1, 0.15) is 31.2 Å². The van der Waals surface area contributed by atoms with E-state index in [1.165, 1.54) is 4.90 Å². The summed E-state index contributed by atoms with van der Waals surface area (Å²) in [6.07, 6.45) is 3.12. The van der Waals surface area contributed by atoms with Crippen molar-refractivity contribution < 1.29 is 19.1 Å². The topological polar surface area (TPSA) is 57.6 Å². The fourth-order valence-corrected chi connectivity index (χ4v) is 3.51. The molecule has 2 fully saturated rings. The highest BCUT2D eigenvalue weighted by Gasteiger charge is 2.52. The van der Waals surface area contributed by atoms with E-state index in [0.29, 0.717) is 6.42 Å². The van der Waals surface area contributed by atoms with Crippen LogP contribution in [0.25, 0.3) is 0 Å². The summed E-state index contributed by atoms with van der Waals surface area (Å²) in [5, 5.41) is 8.97. The summed E-state index contributed by atoms with van der Waals surface area (Å²) in [6, 6.07) is 9.81. The molecule has 4 nitrogen and oxygen atoms in total. The summed E-state index contributed by atoms with van der Waals surface area (Å²) >= 11 is 0. The van der Waals surface area contributed by atoms with Crippen molar-refractivity contribution in [2.45, 2.75) is 37.8 Å². The van der Waals surface area contributed by atoms with Crippen LogP contribution >= 0.6 is 0 Å². The Morgan fingerprint density at radius 1 is 1.18 bits per heavy atom. The number of carbonyl (C=O) groups excluding carboxylic acids is 1. The van der Waals surface area contributed by atoms with Crippen LogP contribution in [0.3, 0.4) is 0 Å². The number of hydrogen-bond acceptors (Lipinski definition) is 2. The van der Waals surface area contributed by atoms with Gasteiger partial charge in [0.1, 0.15) is 0 Å². The van der Waals surface area contributed by atoms with Crippen LogP contribution in [0.15, 0.2) is 30.3 Å². The van der Waals surface area contributed by atoms with Crippen molar-refractivity contribution in [2.24, 2.45) is 5.41 Å². The van der Waals surface area contributed by atoms with E-state index in [9.17, 15) is 14.0 Å². The van der Waals surface area contributed by atoms with Gasteiger partial charge in [-0.25, -0.2) is 9.18 Å². The van der Waals surface area contributed by atoms with Crippen molar-refractivity contribution in [1.82, 2.24) is 4.90 Å². The normalized spacial score (nSPS) is 26.5. The lowest BCUT2D eigenvalue weighted by molar-refractivity contribution is -0.152. The van der Waals surface area contributed by atoms with Gasteiger partial charge in [-0.05, 0) is 24.8 Å². The minimum absolute atomic E-state index is 0.0802. The molecule has 1 saturated heterocycles. The van der Waals surface area contributed by atoms with Gasteiger partial charge in [0.2, 0.25) is 11.6 Å². The first-order valence-corrected chi connectivity index (χ1v) is 7.71. The van der Waals surface area contributed by atoms with E-state index in [1.807, 2.05) is 30.3 Å². The maximum absolute atomic E-state index is 14.2. The average molecular weight is 305 g/mol. The van der Waals surface area contributed by atoms with Crippen LogP contribution in [-0.2, 0) is 16.0 Å². The van der Waals surface area contributed by atoms with Gasteiger partial charge in [0.15, 0.2) is 0 Å². The quantitative estimate of drug-likeness (QED) is 0.929.